The number of ketones is 1. The van der Waals surface area contributed by atoms with Crippen LogP contribution < -0.4 is 20.1 Å². The minimum atomic E-state index is -0.487. The van der Waals surface area contributed by atoms with E-state index in [9.17, 15) is 14.4 Å². The number of aromatic nitrogens is 3. The predicted octanol–water partition coefficient (Wildman–Crippen LogP) is 6.23. The Bertz CT molecular complexity index is 2200. The van der Waals surface area contributed by atoms with E-state index >= 15 is 0 Å². The Kier molecular flexibility index (Phi) is 8.40. The lowest BCUT2D eigenvalue weighted by Gasteiger charge is -2.20. The number of Topliss-reactive ketones (excluding diaryl/α,β-unsaturated/α-hetero) is 1. The summed E-state index contributed by atoms with van der Waals surface area (Å²) in [4.78, 5) is 47.1. The highest BCUT2D eigenvalue weighted by atomic mass is 16.5. The molecule has 3 amide bonds. The third kappa shape index (κ3) is 5.98. The highest BCUT2D eigenvalue weighted by Gasteiger charge is 2.30. The first kappa shape index (κ1) is 32.7. The van der Waals surface area contributed by atoms with Gasteiger partial charge in [0.15, 0.2) is 5.76 Å². The summed E-state index contributed by atoms with van der Waals surface area (Å²) in [6.45, 7) is 5.38. The number of nitrogens with one attached hydrogen (secondary N) is 3. The van der Waals surface area contributed by atoms with Crippen LogP contribution in [0, 0.1) is 13.8 Å². The molecule has 3 N–H and O–H groups in total. The summed E-state index contributed by atoms with van der Waals surface area (Å²) in [5.74, 6) is 0.915. The Hall–Kier alpha value is -5.88. The summed E-state index contributed by atoms with van der Waals surface area (Å²) in [6, 6.07) is 17.4. The monoisotopic (exact) mass is 673 g/mol. The van der Waals surface area contributed by atoms with Crippen molar-refractivity contribution in [2.24, 2.45) is 7.05 Å². The molecule has 256 valence electrons. The van der Waals surface area contributed by atoms with Crippen molar-refractivity contribution in [2.75, 3.05) is 44.9 Å². The van der Waals surface area contributed by atoms with Crippen LogP contribution in [0.2, 0.25) is 0 Å². The number of carbonyl (C=O) groups is 3. The number of aryl methyl sites for hydroxylation is 2. The Morgan fingerprint density at radius 2 is 1.78 bits per heavy atom. The van der Waals surface area contributed by atoms with E-state index in [2.05, 4.69) is 25.6 Å². The molecule has 50 heavy (non-hydrogen) atoms. The smallest absolute Gasteiger partial charge is 0.323 e. The lowest BCUT2D eigenvalue weighted by Crippen LogP contribution is -2.34. The van der Waals surface area contributed by atoms with E-state index in [4.69, 9.17) is 9.47 Å². The molecule has 7 rings (SSSR count). The maximum atomic E-state index is 13.7. The van der Waals surface area contributed by atoms with Crippen molar-refractivity contribution in [3.63, 3.8) is 0 Å². The van der Waals surface area contributed by atoms with Gasteiger partial charge in [-0.15, -0.1) is 0 Å². The fraction of sp³-hybridized carbons (Fsp3) is 0.263. The van der Waals surface area contributed by atoms with Gasteiger partial charge in [0.1, 0.15) is 11.5 Å². The van der Waals surface area contributed by atoms with Gasteiger partial charge in [0.25, 0.3) is 5.91 Å². The summed E-state index contributed by atoms with van der Waals surface area (Å²) in [5.41, 5.74) is 7.11. The average molecular weight is 674 g/mol. The molecule has 2 aliphatic heterocycles. The number of likely N-dealkylation sites (tertiary alicyclic amines) is 1. The third-order valence-electron chi connectivity index (χ3n) is 9.58. The Morgan fingerprint density at radius 1 is 1.04 bits per heavy atom. The van der Waals surface area contributed by atoms with Crippen LogP contribution in [0.1, 0.15) is 44.1 Å². The van der Waals surface area contributed by atoms with Crippen molar-refractivity contribution in [3.05, 3.63) is 94.5 Å². The van der Waals surface area contributed by atoms with Gasteiger partial charge in [-0.3, -0.25) is 14.3 Å². The van der Waals surface area contributed by atoms with Crippen molar-refractivity contribution < 1.29 is 23.9 Å². The molecule has 1 unspecified atom stereocenters. The lowest BCUT2D eigenvalue weighted by atomic mass is 10.0. The molecule has 12 heteroatoms. The van der Waals surface area contributed by atoms with E-state index in [0.29, 0.717) is 46.6 Å². The van der Waals surface area contributed by atoms with Crippen LogP contribution in [0.25, 0.3) is 28.2 Å². The number of anilines is 2. The number of nitrogens with zero attached hydrogens (tertiary/aromatic N) is 4. The number of ether oxygens (including phenoxy) is 2. The van der Waals surface area contributed by atoms with Crippen LogP contribution in [0.4, 0.5) is 16.2 Å². The highest BCUT2D eigenvalue weighted by molar-refractivity contribution is 6.16. The number of fused-ring (bicyclic) bond motifs is 2. The van der Waals surface area contributed by atoms with Crippen molar-refractivity contribution in [3.8, 4) is 22.8 Å². The second-order valence-corrected chi connectivity index (χ2v) is 13.0. The predicted molar refractivity (Wildman–Crippen MR) is 193 cm³/mol. The van der Waals surface area contributed by atoms with E-state index in [1.54, 1.807) is 55.7 Å². The van der Waals surface area contributed by atoms with Gasteiger partial charge in [0, 0.05) is 70.8 Å². The number of urea groups is 1. The van der Waals surface area contributed by atoms with Gasteiger partial charge < -0.3 is 34.9 Å². The molecule has 1 saturated heterocycles. The van der Waals surface area contributed by atoms with Gasteiger partial charge >= 0.3 is 6.03 Å². The first-order chi connectivity index (χ1) is 24.0. The number of hydrogen-bond donors (Lipinski definition) is 3. The summed E-state index contributed by atoms with van der Waals surface area (Å²) in [7, 11) is 7.57. The van der Waals surface area contributed by atoms with Gasteiger partial charge in [0.2, 0.25) is 5.78 Å². The molecule has 0 spiro atoms. The van der Waals surface area contributed by atoms with E-state index < -0.39 is 6.03 Å². The Balaban J connectivity index is 1.08. The number of carbonyl (C=O) groups excluding carboxylic acids is 3. The molecule has 3 aromatic carbocycles. The van der Waals surface area contributed by atoms with Crippen LogP contribution in [0.15, 0.2) is 66.4 Å². The largest absolute Gasteiger partial charge is 0.497 e. The molecule has 0 aliphatic carbocycles. The molecule has 2 aromatic heterocycles. The minimum Gasteiger partial charge on any atom is -0.497 e. The summed E-state index contributed by atoms with van der Waals surface area (Å²) < 4.78 is 13.4. The normalized spacial score (nSPS) is 16.3. The fourth-order valence-electron chi connectivity index (χ4n) is 6.72. The van der Waals surface area contributed by atoms with Crippen molar-refractivity contribution in [1.29, 1.82) is 0 Å². The zero-order valence-electron chi connectivity index (χ0n) is 28.9. The molecule has 1 fully saturated rings. The highest BCUT2D eigenvalue weighted by Crippen LogP contribution is 2.40. The van der Waals surface area contributed by atoms with Gasteiger partial charge in [-0.1, -0.05) is 0 Å². The van der Waals surface area contributed by atoms with E-state index in [0.717, 1.165) is 52.1 Å². The van der Waals surface area contributed by atoms with Crippen molar-refractivity contribution in [2.45, 2.75) is 26.3 Å². The zero-order valence-corrected chi connectivity index (χ0v) is 28.9. The van der Waals surface area contributed by atoms with Crippen LogP contribution in [0.3, 0.4) is 0 Å². The van der Waals surface area contributed by atoms with Crippen molar-refractivity contribution >= 4 is 46.1 Å². The number of likely N-dealkylation sites (N-methyl/N-ethyl adjacent to an activating group) is 1. The Labute approximate surface area is 289 Å². The van der Waals surface area contributed by atoms with Crippen LogP contribution >= 0.6 is 0 Å². The minimum absolute atomic E-state index is 0.0215. The molecule has 4 heterocycles. The Morgan fingerprint density at radius 3 is 2.46 bits per heavy atom. The molecule has 5 aromatic rings. The SMILES string of the molecule is COc1ccc2[nH]c(-c3c(C)nn(C)c3C)c(C=C3Oc4ccc(NC(=O)Nc5ccc(C(=O)N6CCC(N(C)C)C6)cc5)cc4C3=O)c2c1. The molecular weight excluding hydrogens is 634 g/mol. The summed E-state index contributed by atoms with van der Waals surface area (Å²) in [5, 5.41) is 11.1. The summed E-state index contributed by atoms with van der Waals surface area (Å²) >= 11 is 0. The number of rotatable bonds is 7. The van der Waals surface area contributed by atoms with Crippen molar-refractivity contribution in [1.82, 2.24) is 24.6 Å². The zero-order chi connectivity index (χ0) is 35.3. The average Bonchev–Trinajstić information content (AvgIpc) is 3.86. The molecule has 0 saturated carbocycles. The van der Waals surface area contributed by atoms with E-state index in [1.165, 1.54) is 0 Å². The first-order valence-electron chi connectivity index (χ1n) is 16.4. The summed E-state index contributed by atoms with van der Waals surface area (Å²) in [6.07, 6.45) is 2.70. The fourth-order valence-corrected chi connectivity index (χ4v) is 6.72. The number of H-pyrrole nitrogens is 1. The molecular formula is C38H39N7O5. The maximum Gasteiger partial charge on any atom is 0.323 e. The molecule has 0 bridgehead atoms. The number of hydrogen-bond acceptors (Lipinski definition) is 7. The topological polar surface area (TPSA) is 134 Å². The van der Waals surface area contributed by atoms with Gasteiger partial charge in [-0.25, -0.2) is 4.79 Å². The van der Waals surface area contributed by atoms with Crippen LogP contribution in [-0.2, 0) is 7.05 Å². The quantitative estimate of drug-likeness (QED) is 0.175. The van der Waals surface area contributed by atoms with E-state index in [1.807, 2.05) is 62.8 Å². The number of allylic oxidation sites excluding steroid dienone is 1. The maximum absolute atomic E-state index is 13.7. The standard InChI is InChI=1S/C38H39N7O5/c1-21-34(22(2)44(5)42-21)35-29(28-18-27(49-6)12-13-31(28)41-35)19-33-36(46)30-17-25(11-14-32(30)50-33)40-38(48)39-24-9-7-23(8-10-24)37(47)45-16-15-26(20-45)43(3)4/h7-14,17-19,26,41H,15-16,20H2,1-6H3,(H2,39,40,48). The van der Waals surface area contributed by atoms with E-state index in [-0.39, 0.29) is 17.4 Å². The number of benzene rings is 3. The van der Waals surface area contributed by atoms with Crippen LogP contribution in [-0.4, -0.2) is 82.6 Å². The number of methoxy groups -OCH3 is 1. The lowest BCUT2D eigenvalue weighted by molar-refractivity contribution is 0.0783. The van der Waals surface area contributed by atoms with Crippen LogP contribution in [0.5, 0.6) is 11.5 Å². The van der Waals surface area contributed by atoms with Gasteiger partial charge in [-0.2, -0.15) is 5.10 Å². The molecule has 12 nitrogen and oxygen atoms in total. The molecule has 1 atom stereocenters. The molecule has 2 aliphatic rings. The second-order valence-electron chi connectivity index (χ2n) is 13.0. The van der Waals surface area contributed by atoms with Gasteiger partial charge in [-0.05, 0) is 101 Å². The molecule has 0 radical (unpaired) electrons. The number of aromatic amines is 1. The number of amides is 3. The van der Waals surface area contributed by atoms with Gasteiger partial charge in [0.05, 0.1) is 24.1 Å². The first-order valence-corrected chi connectivity index (χ1v) is 16.4. The second kappa shape index (κ2) is 12.9. The third-order valence-corrected chi connectivity index (χ3v) is 9.58.